The summed E-state index contributed by atoms with van der Waals surface area (Å²) in [7, 11) is 0. The summed E-state index contributed by atoms with van der Waals surface area (Å²) in [4.78, 5) is 8.94. The van der Waals surface area contributed by atoms with E-state index >= 15 is 0 Å². The molecule has 2 aromatic heterocycles. The second-order valence-corrected chi connectivity index (χ2v) is 8.48. The maximum absolute atomic E-state index is 6.49. The Balaban J connectivity index is 1.48. The van der Waals surface area contributed by atoms with Gasteiger partial charge in [0.15, 0.2) is 0 Å². The Bertz CT molecular complexity index is 998. The minimum Gasteiger partial charge on any atom is -0.367 e. The lowest BCUT2D eigenvalue weighted by molar-refractivity contribution is 0.410. The van der Waals surface area contributed by atoms with Crippen molar-refractivity contribution in [3.05, 3.63) is 71.0 Å². The van der Waals surface area contributed by atoms with Gasteiger partial charge in [0.25, 0.3) is 0 Å². The molecule has 1 aromatic carbocycles. The summed E-state index contributed by atoms with van der Waals surface area (Å²) >= 11 is 6.49. The summed E-state index contributed by atoms with van der Waals surface area (Å²) in [5, 5.41) is 7.58. The van der Waals surface area contributed by atoms with Gasteiger partial charge in [0.1, 0.15) is 11.6 Å². The minimum absolute atomic E-state index is 0.333. The van der Waals surface area contributed by atoms with Gasteiger partial charge in [0, 0.05) is 36.6 Å². The van der Waals surface area contributed by atoms with Gasteiger partial charge in [-0.3, -0.25) is 0 Å². The zero-order valence-electron chi connectivity index (χ0n) is 17.2. The Kier molecular flexibility index (Phi) is 6.50. The van der Waals surface area contributed by atoms with Crippen molar-refractivity contribution in [3.8, 4) is 11.1 Å². The van der Waals surface area contributed by atoms with Gasteiger partial charge in [0.05, 0.1) is 5.02 Å². The standard InChI is InChI=1S/C24H28ClN5/c1-16-3-2-4-17(11-16)14-28-23-12-18(9-10-27-23)21-13-24(29-15-22(21)25)30-20-7-5-19(26)6-8-20/h2-4,9-13,15,19-20H,5-8,14,26H2,1H3,(H,27,28)(H,29,30)/t19-,20-. The molecule has 0 atom stereocenters. The molecule has 0 radical (unpaired) electrons. The van der Waals surface area contributed by atoms with Crippen LogP contribution in [0.25, 0.3) is 11.1 Å². The molecule has 1 fully saturated rings. The second kappa shape index (κ2) is 9.45. The highest BCUT2D eigenvalue weighted by molar-refractivity contribution is 6.33. The molecule has 0 amide bonds. The molecule has 30 heavy (non-hydrogen) atoms. The lowest BCUT2D eigenvalue weighted by Crippen LogP contribution is -2.33. The molecule has 3 aromatic rings. The van der Waals surface area contributed by atoms with Crippen LogP contribution in [-0.2, 0) is 6.54 Å². The number of nitrogens with two attached hydrogens (primary N) is 1. The molecule has 156 valence electrons. The molecule has 0 aliphatic heterocycles. The normalized spacial score (nSPS) is 18.8. The zero-order valence-corrected chi connectivity index (χ0v) is 18.0. The maximum atomic E-state index is 6.49. The van der Waals surface area contributed by atoms with Crippen LogP contribution in [0.4, 0.5) is 11.6 Å². The van der Waals surface area contributed by atoms with E-state index in [0.717, 1.165) is 55.0 Å². The van der Waals surface area contributed by atoms with Gasteiger partial charge in [-0.25, -0.2) is 9.97 Å². The van der Waals surface area contributed by atoms with E-state index in [0.29, 0.717) is 17.1 Å². The molecule has 4 rings (SSSR count). The number of benzene rings is 1. The van der Waals surface area contributed by atoms with E-state index in [4.69, 9.17) is 17.3 Å². The van der Waals surface area contributed by atoms with E-state index in [1.807, 2.05) is 18.2 Å². The lowest BCUT2D eigenvalue weighted by Gasteiger charge is -2.27. The molecule has 1 saturated carbocycles. The van der Waals surface area contributed by atoms with Crippen LogP contribution >= 0.6 is 11.6 Å². The zero-order chi connectivity index (χ0) is 20.9. The van der Waals surface area contributed by atoms with Gasteiger partial charge in [0.2, 0.25) is 0 Å². The Morgan fingerprint density at radius 3 is 2.67 bits per heavy atom. The summed E-state index contributed by atoms with van der Waals surface area (Å²) in [5.74, 6) is 1.67. The third-order valence-corrected chi connectivity index (χ3v) is 5.91. The largest absolute Gasteiger partial charge is 0.367 e. The number of nitrogens with zero attached hydrogens (tertiary/aromatic N) is 2. The van der Waals surface area contributed by atoms with Gasteiger partial charge in [-0.05, 0) is 61.9 Å². The monoisotopic (exact) mass is 421 g/mol. The predicted octanol–water partition coefficient (Wildman–Crippen LogP) is 5.40. The van der Waals surface area contributed by atoms with Crippen LogP contribution in [0.3, 0.4) is 0 Å². The molecule has 0 saturated heterocycles. The minimum atomic E-state index is 0.333. The van der Waals surface area contributed by atoms with Crippen LogP contribution in [0.15, 0.2) is 54.9 Å². The van der Waals surface area contributed by atoms with E-state index in [-0.39, 0.29) is 0 Å². The molecule has 0 spiro atoms. The van der Waals surface area contributed by atoms with E-state index < -0.39 is 0 Å². The first-order valence-electron chi connectivity index (χ1n) is 10.5. The number of pyridine rings is 2. The summed E-state index contributed by atoms with van der Waals surface area (Å²) < 4.78 is 0. The van der Waals surface area contributed by atoms with Crippen molar-refractivity contribution in [2.75, 3.05) is 10.6 Å². The number of rotatable bonds is 6. The topological polar surface area (TPSA) is 75.9 Å². The number of hydrogen-bond donors (Lipinski definition) is 3. The number of aromatic nitrogens is 2. The van der Waals surface area contributed by atoms with Crippen molar-refractivity contribution < 1.29 is 0 Å². The molecule has 4 N–H and O–H groups in total. The highest BCUT2D eigenvalue weighted by atomic mass is 35.5. The summed E-state index contributed by atoms with van der Waals surface area (Å²) in [5.41, 5.74) is 10.5. The molecule has 1 aliphatic rings. The SMILES string of the molecule is Cc1cccc(CNc2cc(-c3cc(N[C@H]4CC[C@H](N)CC4)ncc3Cl)ccn2)c1. The predicted molar refractivity (Wildman–Crippen MR) is 125 cm³/mol. The Hall–Kier alpha value is -2.63. The first-order chi connectivity index (χ1) is 14.6. The fourth-order valence-electron chi connectivity index (χ4n) is 3.92. The Morgan fingerprint density at radius 2 is 1.87 bits per heavy atom. The molecule has 2 heterocycles. The van der Waals surface area contributed by atoms with Gasteiger partial charge in [-0.15, -0.1) is 0 Å². The first-order valence-corrected chi connectivity index (χ1v) is 10.9. The highest BCUT2D eigenvalue weighted by Crippen LogP contribution is 2.31. The molecule has 5 nitrogen and oxygen atoms in total. The number of hydrogen-bond acceptors (Lipinski definition) is 5. The van der Waals surface area contributed by atoms with Crippen LogP contribution in [0, 0.1) is 6.92 Å². The third kappa shape index (κ3) is 5.29. The van der Waals surface area contributed by atoms with Gasteiger partial charge in [-0.1, -0.05) is 41.4 Å². The lowest BCUT2D eigenvalue weighted by atomic mass is 9.92. The first kappa shape index (κ1) is 20.6. The van der Waals surface area contributed by atoms with Crippen LogP contribution in [-0.4, -0.2) is 22.1 Å². The van der Waals surface area contributed by atoms with Crippen molar-refractivity contribution in [3.63, 3.8) is 0 Å². The Morgan fingerprint density at radius 1 is 1.03 bits per heavy atom. The summed E-state index contributed by atoms with van der Waals surface area (Å²) in [6, 6.07) is 15.2. The van der Waals surface area contributed by atoms with E-state index in [1.54, 1.807) is 12.4 Å². The van der Waals surface area contributed by atoms with E-state index in [9.17, 15) is 0 Å². The van der Waals surface area contributed by atoms with Crippen LogP contribution < -0.4 is 16.4 Å². The van der Waals surface area contributed by atoms with Gasteiger partial charge in [-0.2, -0.15) is 0 Å². The quantitative estimate of drug-likeness (QED) is 0.496. The molecule has 6 heteroatoms. The Labute approximate surface area is 183 Å². The van der Waals surface area contributed by atoms with Gasteiger partial charge >= 0.3 is 0 Å². The van der Waals surface area contributed by atoms with Crippen LogP contribution in [0.1, 0.15) is 36.8 Å². The van der Waals surface area contributed by atoms with Gasteiger partial charge < -0.3 is 16.4 Å². The average molecular weight is 422 g/mol. The molecular formula is C24H28ClN5. The van der Waals surface area contributed by atoms with Crippen molar-refractivity contribution in [2.24, 2.45) is 5.73 Å². The summed E-state index contributed by atoms with van der Waals surface area (Å²) in [6.45, 7) is 2.82. The smallest absolute Gasteiger partial charge is 0.126 e. The molecule has 0 unspecified atom stereocenters. The number of nitrogens with one attached hydrogen (secondary N) is 2. The summed E-state index contributed by atoms with van der Waals surface area (Å²) in [6.07, 6.45) is 7.78. The fourth-order valence-corrected chi connectivity index (χ4v) is 4.13. The number of halogens is 1. The van der Waals surface area contributed by atoms with Crippen molar-refractivity contribution in [1.82, 2.24) is 9.97 Å². The average Bonchev–Trinajstić information content (AvgIpc) is 2.75. The van der Waals surface area contributed by atoms with Crippen LogP contribution in [0.2, 0.25) is 5.02 Å². The molecular weight excluding hydrogens is 394 g/mol. The molecule has 1 aliphatic carbocycles. The number of aryl methyl sites for hydroxylation is 1. The van der Waals surface area contributed by atoms with Crippen molar-refractivity contribution >= 4 is 23.2 Å². The highest BCUT2D eigenvalue weighted by Gasteiger charge is 2.19. The molecule has 0 bridgehead atoms. The number of anilines is 2. The van der Waals surface area contributed by atoms with Crippen molar-refractivity contribution in [2.45, 2.75) is 51.2 Å². The maximum Gasteiger partial charge on any atom is 0.126 e. The van der Waals surface area contributed by atoms with E-state index in [2.05, 4.69) is 51.8 Å². The van der Waals surface area contributed by atoms with E-state index in [1.165, 1.54) is 11.1 Å². The second-order valence-electron chi connectivity index (χ2n) is 8.08. The third-order valence-electron chi connectivity index (χ3n) is 5.61. The van der Waals surface area contributed by atoms with Crippen molar-refractivity contribution in [1.29, 1.82) is 0 Å². The fraction of sp³-hybridized carbons (Fsp3) is 0.333. The van der Waals surface area contributed by atoms with Crippen LogP contribution in [0.5, 0.6) is 0 Å².